The summed E-state index contributed by atoms with van der Waals surface area (Å²) >= 11 is 1.54. The zero-order valence-corrected chi connectivity index (χ0v) is 16.7. The number of hydrogen-bond donors (Lipinski definition) is 1. The molecule has 3 rings (SSSR count). The van der Waals surface area contributed by atoms with E-state index >= 15 is 0 Å². The highest BCUT2D eigenvalue weighted by atomic mass is 32.1. The van der Waals surface area contributed by atoms with Gasteiger partial charge in [0.1, 0.15) is 5.69 Å². The number of aromatic nitrogens is 2. The molecule has 0 saturated carbocycles. The number of carbonyl (C=O) groups is 2. The van der Waals surface area contributed by atoms with Crippen molar-refractivity contribution in [2.45, 2.75) is 32.7 Å². The quantitative estimate of drug-likeness (QED) is 0.582. The summed E-state index contributed by atoms with van der Waals surface area (Å²) < 4.78 is 6.80. The van der Waals surface area contributed by atoms with E-state index < -0.39 is 5.97 Å². The molecule has 28 heavy (non-hydrogen) atoms. The molecule has 0 aliphatic carbocycles. The van der Waals surface area contributed by atoms with E-state index in [1.807, 2.05) is 54.8 Å². The zero-order chi connectivity index (χ0) is 19.9. The Labute approximate surface area is 168 Å². The van der Waals surface area contributed by atoms with Crippen LogP contribution in [0.15, 0.2) is 53.9 Å². The molecule has 0 aliphatic heterocycles. The van der Waals surface area contributed by atoms with Gasteiger partial charge >= 0.3 is 5.97 Å². The van der Waals surface area contributed by atoms with Crippen LogP contribution in [-0.2, 0) is 9.53 Å². The lowest BCUT2D eigenvalue weighted by Crippen LogP contribution is -2.35. The summed E-state index contributed by atoms with van der Waals surface area (Å²) in [5, 5.41) is 9.35. The summed E-state index contributed by atoms with van der Waals surface area (Å²) in [4.78, 5) is 25.6. The smallest absolute Gasteiger partial charge is 0.357 e. The number of ether oxygens (including phenoxy) is 1. The van der Waals surface area contributed by atoms with E-state index in [9.17, 15) is 9.59 Å². The van der Waals surface area contributed by atoms with Gasteiger partial charge in [0.2, 0.25) is 0 Å². The van der Waals surface area contributed by atoms with E-state index in [1.54, 1.807) is 22.1 Å². The van der Waals surface area contributed by atoms with Crippen molar-refractivity contribution in [2.75, 3.05) is 6.61 Å². The van der Waals surface area contributed by atoms with Crippen LogP contribution in [0.4, 0.5) is 0 Å². The van der Waals surface area contributed by atoms with Gasteiger partial charge in [0.05, 0.1) is 10.6 Å². The first kappa shape index (κ1) is 19.8. The Hall–Kier alpha value is -2.93. The maximum absolute atomic E-state index is 12.7. The number of nitrogens with zero attached hydrogens (tertiary/aromatic N) is 2. The van der Waals surface area contributed by atoms with Gasteiger partial charge in [-0.2, -0.15) is 5.10 Å². The van der Waals surface area contributed by atoms with E-state index in [0.717, 1.165) is 23.4 Å². The normalized spacial score (nSPS) is 11.8. The minimum Gasteiger partial charge on any atom is -0.451 e. The van der Waals surface area contributed by atoms with Crippen molar-refractivity contribution in [2.24, 2.45) is 0 Å². The van der Waals surface area contributed by atoms with E-state index in [-0.39, 0.29) is 24.2 Å². The first-order valence-corrected chi connectivity index (χ1v) is 10.1. The molecular weight excluding hydrogens is 374 g/mol. The summed E-state index contributed by atoms with van der Waals surface area (Å²) in [6.45, 7) is 3.67. The molecule has 0 radical (unpaired) electrons. The van der Waals surface area contributed by atoms with Gasteiger partial charge in [-0.3, -0.25) is 4.79 Å². The fraction of sp³-hybridized carbons (Fsp3) is 0.286. The zero-order valence-electron chi connectivity index (χ0n) is 15.9. The van der Waals surface area contributed by atoms with E-state index in [1.165, 1.54) is 0 Å². The molecule has 1 unspecified atom stereocenters. The molecule has 1 aromatic carbocycles. The van der Waals surface area contributed by atoms with Gasteiger partial charge in [-0.25, -0.2) is 9.48 Å². The van der Waals surface area contributed by atoms with Gasteiger partial charge in [-0.15, -0.1) is 11.3 Å². The maximum Gasteiger partial charge on any atom is 0.357 e. The second-order valence-corrected chi connectivity index (χ2v) is 7.42. The fourth-order valence-corrected chi connectivity index (χ4v) is 3.55. The van der Waals surface area contributed by atoms with Crippen LogP contribution in [0.5, 0.6) is 0 Å². The van der Waals surface area contributed by atoms with Crippen LogP contribution >= 0.6 is 11.3 Å². The number of thiophene rings is 1. The largest absolute Gasteiger partial charge is 0.451 e. The van der Waals surface area contributed by atoms with Gasteiger partial charge in [0, 0.05) is 12.1 Å². The Balaban J connectivity index is 1.78. The number of rotatable bonds is 8. The van der Waals surface area contributed by atoms with Crippen LogP contribution in [0.1, 0.15) is 37.2 Å². The molecule has 1 amide bonds. The molecule has 1 N–H and O–H groups in total. The summed E-state index contributed by atoms with van der Waals surface area (Å²) in [5.41, 5.74) is 1.72. The van der Waals surface area contributed by atoms with Crippen molar-refractivity contribution in [3.8, 4) is 16.3 Å². The van der Waals surface area contributed by atoms with Gasteiger partial charge in [-0.05, 0) is 36.9 Å². The molecule has 2 heterocycles. The van der Waals surface area contributed by atoms with Crippen molar-refractivity contribution in [1.29, 1.82) is 0 Å². The number of esters is 1. The number of benzene rings is 1. The van der Waals surface area contributed by atoms with Crippen LogP contribution in [0.2, 0.25) is 0 Å². The molecule has 6 nitrogen and oxygen atoms in total. The van der Waals surface area contributed by atoms with E-state index in [4.69, 9.17) is 4.74 Å². The first-order valence-electron chi connectivity index (χ1n) is 9.24. The molecule has 0 saturated heterocycles. The molecular formula is C21H23N3O3S. The van der Waals surface area contributed by atoms with Crippen molar-refractivity contribution in [3.63, 3.8) is 0 Å². The topological polar surface area (TPSA) is 73.2 Å². The predicted octanol–water partition coefficient (Wildman–Crippen LogP) is 4.06. The van der Waals surface area contributed by atoms with Gasteiger partial charge in [0.15, 0.2) is 12.3 Å². The number of hydrogen-bond acceptors (Lipinski definition) is 5. The Morgan fingerprint density at radius 2 is 2.00 bits per heavy atom. The first-order chi connectivity index (χ1) is 13.6. The highest BCUT2D eigenvalue weighted by molar-refractivity contribution is 7.13. The molecule has 0 bridgehead atoms. The SMILES string of the molecule is CCCC(C)NC(=O)COC(=O)c1cc(-c2cccs2)nn1-c1ccccc1. The van der Waals surface area contributed by atoms with Crippen LogP contribution in [0.25, 0.3) is 16.3 Å². The van der Waals surface area contributed by atoms with Crippen molar-refractivity contribution in [3.05, 3.63) is 59.6 Å². The molecule has 146 valence electrons. The average Bonchev–Trinajstić information content (AvgIpc) is 3.36. The molecule has 0 aliphatic rings. The van der Waals surface area contributed by atoms with Crippen molar-refractivity contribution in [1.82, 2.24) is 15.1 Å². The van der Waals surface area contributed by atoms with E-state index in [2.05, 4.69) is 17.3 Å². The number of carbonyl (C=O) groups excluding carboxylic acids is 2. The Morgan fingerprint density at radius 3 is 2.68 bits per heavy atom. The Bertz CT molecular complexity index is 920. The monoisotopic (exact) mass is 397 g/mol. The standard InChI is InChI=1S/C21H23N3O3S/c1-3-8-15(2)22-20(25)14-27-21(26)18-13-17(19-11-7-12-28-19)23-24(18)16-9-5-4-6-10-16/h4-7,9-13,15H,3,8,14H2,1-2H3,(H,22,25). The van der Waals surface area contributed by atoms with Crippen LogP contribution in [0, 0.1) is 0 Å². The third-order valence-electron chi connectivity index (χ3n) is 4.16. The number of para-hydroxylation sites is 1. The average molecular weight is 398 g/mol. The van der Waals surface area contributed by atoms with Crippen molar-refractivity contribution < 1.29 is 14.3 Å². The van der Waals surface area contributed by atoms with Crippen LogP contribution in [0.3, 0.4) is 0 Å². The van der Waals surface area contributed by atoms with Crippen molar-refractivity contribution >= 4 is 23.2 Å². The third-order valence-corrected chi connectivity index (χ3v) is 5.05. The fourth-order valence-electron chi connectivity index (χ4n) is 2.86. The molecule has 0 spiro atoms. The minimum atomic E-state index is -0.586. The Morgan fingerprint density at radius 1 is 1.21 bits per heavy atom. The molecule has 1 atom stereocenters. The lowest BCUT2D eigenvalue weighted by atomic mass is 10.2. The van der Waals surface area contributed by atoms with Gasteiger partial charge in [0.25, 0.3) is 5.91 Å². The van der Waals surface area contributed by atoms with Crippen LogP contribution in [-0.4, -0.2) is 34.3 Å². The van der Waals surface area contributed by atoms with E-state index in [0.29, 0.717) is 5.69 Å². The maximum atomic E-state index is 12.7. The second kappa shape index (κ2) is 9.32. The van der Waals surface area contributed by atoms with Gasteiger partial charge in [-0.1, -0.05) is 37.6 Å². The summed E-state index contributed by atoms with van der Waals surface area (Å²) in [6, 6.07) is 15.0. The molecule has 7 heteroatoms. The molecule has 0 fully saturated rings. The van der Waals surface area contributed by atoms with Crippen LogP contribution < -0.4 is 5.32 Å². The highest BCUT2D eigenvalue weighted by Crippen LogP contribution is 2.26. The predicted molar refractivity (Wildman–Crippen MR) is 110 cm³/mol. The van der Waals surface area contributed by atoms with Gasteiger partial charge < -0.3 is 10.1 Å². The molecule has 2 aromatic heterocycles. The molecule has 3 aromatic rings. The number of nitrogens with one attached hydrogen (secondary N) is 1. The lowest BCUT2D eigenvalue weighted by Gasteiger charge is -2.13. The minimum absolute atomic E-state index is 0.0523. The Kier molecular flexibility index (Phi) is 6.60. The number of amides is 1. The lowest BCUT2D eigenvalue weighted by molar-refractivity contribution is -0.124. The third kappa shape index (κ3) is 4.86. The summed E-state index contributed by atoms with van der Waals surface area (Å²) in [5.74, 6) is -0.893. The second-order valence-electron chi connectivity index (χ2n) is 6.47. The highest BCUT2D eigenvalue weighted by Gasteiger charge is 2.20. The summed E-state index contributed by atoms with van der Waals surface area (Å²) in [7, 11) is 0. The summed E-state index contributed by atoms with van der Waals surface area (Å²) in [6.07, 6.45) is 1.85.